The van der Waals surface area contributed by atoms with Crippen molar-refractivity contribution in [2.75, 3.05) is 0 Å². The lowest BCUT2D eigenvalue weighted by Gasteiger charge is -2.09. The van der Waals surface area contributed by atoms with Gasteiger partial charge in [-0.15, -0.1) is 0 Å². The zero-order valence-corrected chi connectivity index (χ0v) is 11.4. The molecule has 2 aromatic rings. The number of benzene rings is 2. The molecule has 0 radical (unpaired) electrons. The van der Waals surface area contributed by atoms with Gasteiger partial charge in [-0.1, -0.05) is 80.1 Å². The fraction of sp³-hybridized carbons (Fsp3) is 0.263. The Morgan fingerprint density at radius 1 is 0.789 bits per heavy atom. The molecule has 0 nitrogen and oxygen atoms in total. The number of hydrogen-bond donors (Lipinski definition) is 0. The predicted molar refractivity (Wildman–Crippen MR) is 86.5 cm³/mol. The Kier molecular flexibility index (Phi) is 5.57. The highest BCUT2D eigenvalue weighted by Gasteiger charge is 2.03. The summed E-state index contributed by atoms with van der Waals surface area (Å²) in [6.45, 7) is 6.43. The van der Waals surface area contributed by atoms with Crippen molar-refractivity contribution < 1.29 is 0 Å². The van der Waals surface area contributed by atoms with Crippen molar-refractivity contribution in [3.05, 3.63) is 76.9 Å². The zero-order chi connectivity index (χ0) is 13.0. The van der Waals surface area contributed by atoms with Crippen molar-refractivity contribution in [1.82, 2.24) is 0 Å². The molecule has 0 amide bonds. The highest BCUT2D eigenvalue weighted by atomic mass is 14.1. The Balaban J connectivity index is 0.00000180. The Bertz CT molecular complexity index is 480. The topological polar surface area (TPSA) is 0 Å². The van der Waals surface area contributed by atoms with E-state index in [1.807, 2.05) is 0 Å². The van der Waals surface area contributed by atoms with E-state index in [2.05, 4.69) is 75.4 Å². The van der Waals surface area contributed by atoms with Crippen LogP contribution in [0.15, 0.2) is 54.6 Å². The smallest absolute Gasteiger partial charge is 0.0151 e. The largest absolute Gasteiger partial charge is 0.0776 e. The van der Waals surface area contributed by atoms with E-state index in [0.29, 0.717) is 0 Å². The lowest BCUT2D eigenvalue weighted by atomic mass is 9.95. The Morgan fingerprint density at radius 3 is 1.47 bits per heavy atom. The molecule has 0 aliphatic heterocycles. The molecule has 2 aromatic carbocycles. The van der Waals surface area contributed by atoms with Gasteiger partial charge in [0.25, 0.3) is 0 Å². The first kappa shape index (κ1) is 15.2. The number of hydrogen-bond acceptors (Lipinski definition) is 0. The molecular formula is C19H24. The molecule has 0 aliphatic rings. The third kappa shape index (κ3) is 3.82. The molecule has 0 bridgehead atoms. The first-order chi connectivity index (χ1) is 8.70. The van der Waals surface area contributed by atoms with E-state index in [4.69, 9.17) is 0 Å². The van der Waals surface area contributed by atoms with Crippen molar-refractivity contribution in [3.8, 4) is 0 Å². The van der Waals surface area contributed by atoms with Crippen LogP contribution in [0.2, 0.25) is 0 Å². The molecule has 19 heavy (non-hydrogen) atoms. The van der Waals surface area contributed by atoms with E-state index in [9.17, 15) is 0 Å². The van der Waals surface area contributed by atoms with E-state index >= 15 is 0 Å². The van der Waals surface area contributed by atoms with Gasteiger partial charge in [0.2, 0.25) is 0 Å². The van der Waals surface area contributed by atoms with E-state index in [0.717, 1.165) is 6.42 Å². The van der Waals surface area contributed by atoms with Gasteiger partial charge in [-0.05, 0) is 37.0 Å². The molecule has 0 N–H and O–H groups in total. The molecular weight excluding hydrogens is 228 g/mol. The lowest BCUT2D eigenvalue weighted by molar-refractivity contribution is 1.22. The molecule has 0 saturated carbocycles. The van der Waals surface area contributed by atoms with Crippen LogP contribution in [-0.4, -0.2) is 0 Å². The van der Waals surface area contributed by atoms with Crippen LogP contribution in [-0.2, 0) is 0 Å². The van der Waals surface area contributed by atoms with Gasteiger partial charge >= 0.3 is 0 Å². The fourth-order valence-corrected chi connectivity index (χ4v) is 2.07. The highest BCUT2D eigenvalue weighted by Crippen LogP contribution is 2.24. The minimum atomic E-state index is 0. The first-order valence-corrected chi connectivity index (χ1v) is 6.55. The van der Waals surface area contributed by atoms with Gasteiger partial charge in [-0.3, -0.25) is 0 Å². The molecule has 0 aromatic heterocycles. The summed E-state index contributed by atoms with van der Waals surface area (Å²) in [6.07, 6.45) is 3.35. The zero-order valence-electron chi connectivity index (χ0n) is 11.4. The minimum absolute atomic E-state index is 0. The normalized spacial score (nSPS) is 9.63. The summed E-state index contributed by atoms with van der Waals surface area (Å²) in [5, 5.41) is 0. The molecule has 0 heterocycles. The van der Waals surface area contributed by atoms with Crippen LogP contribution in [0.25, 0.3) is 5.57 Å². The maximum absolute atomic E-state index is 2.30. The fourth-order valence-electron chi connectivity index (χ4n) is 2.07. The van der Waals surface area contributed by atoms with Gasteiger partial charge in [0, 0.05) is 0 Å². The number of aryl methyl sites for hydroxylation is 2. The highest BCUT2D eigenvalue weighted by molar-refractivity contribution is 5.79. The standard InChI is InChI=1S/C18H20.CH4/c1-4-5-18(16-10-6-14(2)7-11-16)17-12-8-15(3)9-13-17;/h5-13H,4H2,1-3H3;1H4. The molecule has 0 saturated heterocycles. The van der Waals surface area contributed by atoms with Crippen molar-refractivity contribution in [3.63, 3.8) is 0 Å². The summed E-state index contributed by atoms with van der Waals surface area (Å²) in [6, 6.07) is 17.5. The van der Waals surface area contributed by atoms with Gasteiger partial charge in [0.05, 0.1) is 0 Å². The predicted octanol–water partition coefficient (Wildman–Crippen LogP) is 5.78. The second-order valence-electron chi connectivity index (χ2n) is 4.76. The van der Waals surface area contributed by atoms with Crippen LogP contribution >= 0.6 is 0 Å². The van der Waals surface area contributed by atoms with Crippen LogP contribution in [0.1, 0.15) is 43.0 Å². The maximum Gasteiger partial charge on any atom is -0.0151 e. The molecule has 0 unspecified atom stereocenters. The van der Waals surface area contributed by atoms with E-state index in [-0.39, 0.29) is 7.43 Å². The summed E-state index contributed by atoms with van der Waals surface area (Å²) in [5.41, 5.74) is 6.53. The third-order valence-electron chi connectivity index (χ3n) is 3.13. The Morgan fingerprint density at radius 2 is 1.16 bits per heavy atom. The number of rotatable bonds is 3. The summed E-state index contributed by atoms with van der Waals surface area (Å²) >= 11 is 0. The summed E-state index contributed by atoms with van der Waals surface area (Å²) in [7, 11) is 0. The summed E-state index contributed by atoms with van der Waals surface area (Å²) in [4.78, 5) is 0. The molecule has 100 valence electrons. The van der Waals surface area contributed by atoms with Gasteiger partial charge < -0.3 is 0 Å². The van der Waals surface area contributed by atoms with Crippen LogP contribution < -0.4 is 0 Å². The summed E-state index contributed by atoms with van der Waals surface area (Å²) < 4.78 is 0. The first-order valence-electron chi connectivity index (χ1n) is 6.55. The molecule has 0 spiro atoms. The van der Waals surface area contributed by atoms with Gasteiger partial charge in [0.15, 0.2) is 0 Å². The third-order valence-corrected chi connectivity index (χ3v) is 3.13. The maximum atomic E-state index is 2.30. The van der Waals surface area contributed by atoms with E-state index in [1.54, 1.807) is 0 Å². The van der Waals surface area contributed by atoms with Gasteiger partial charge in [0.1, 0.15) is 0 Å². The van der Waals surface area contributed by atoms with Crippen molar-refractivity contribution in [2.24, 2.45) is 0 Å². The Labute approximate surface area is 117 Å². The van der Waals surface area contributed by atoms with Crippen LogP contribution in [0, 0.1) is 13.8 Å². The van der Waals surface area contributed by atoms with Crippen LogP contribution in [0.4, 0.5) is 0 Å². The van der Waals surface area contributed by atoms with E-state index in [1.165, 1.54) is 27.8 Å². The number of allylic oxidation sites excluding steroid dienone is 1. The molecule has 0 fully saturated rings. The Hall–Kier alpha value is -1.82. The molecule has 0 atom stereocenters. The van der Waals surface area contributed by atoms with Crippen molar-refractivity contribution >= 4 is 5.57 Å². The molecule has 0 aliphatic carbocycles. The lowest BCUT2D eigenvalue weighted by Crippen LogP contribution is -1.89. The van der Waals surface area contributed by atoms with Gasteiger partial charge in [-0.25, -0.2) is 0 Å². The second kappa shape index (κ2) is 6.94. The quantitative estimate of drug-likeness (QED) is 0.649. The SMILES string of the molecule is C.CCC=C(c1ccc(C)cc1)c1ccc(C)cc1. The average molecular weight is 252 g/mol. The second-order valence-corrected chi connectivity index (χ2v) is 4.76. The van der Waals surface area contributed by atoms with Crippen LogP contribution in [0.3, 0.4) is 0 Å². The van der Waals surface area contributed by atoms with Gasteiger partial charge in [-0.2, -0.15) is 0 Å². The average Bonchev–Trinajstić information content (AvgIpc) is 2.39. The summed E-state index contributed by atoms with van der Waals surface area (Å²) in [5.74, 6) is 0. The molecule has 2 rings (SSSR count). The minimum Gasteiger partial charge on any atom is -0.0776 e. The van der Waals surface area contributed by atoms with Crippen LogP contribution in [0.5, 0.6) is 0 Å². The molecule has 0 heteroatoms. The monoisotopic (exact) mass is 252 g/mol. The van der Waals surface area contributed by atoms with Crippen molar-refractivity contribution in [2.45, 2.75) is 34.6 Å². The van der Waals surface area contributed by atoms with Crippen molar-refractivity contribution in [1.29, 1.82) is 0 Å². The van der Waals surface area contributed by atoms with E-state index < -0.39 is 0 Å².